The Morgan fingerprint density at radius 2 is 2.17 bits per heavy atom. The Bertz CT molecular complexity index is 558. The average Bonchev–Trinajstić information content (AvgIpc) is 3.37. The van der Waals surface area contributed by atoms with Crippen molar-refractivity contribution >= 4 is 5.91 Å². The zero-order valence-corrected chi connectivity index (χ0v) is 12.4. The van der Waals surface area contributed by atoms with Gasteiger partial charge in [0.25, 0.3) is 5.91 Å². The number of carbonyl (C=O) groups excluding carboxylic acids is 1. The lowest BCUT2D eigenvalue weighted by molar-refractivity contribution is -0.153. The number of aromatic nitrogens is 1. The zero-order valence-electron chi connectivity index (χ0n) is 12.4. The van der Waals surface area contributed by atoms with Gasteiger partial charge in [0.2, 0.25) is 0 Å². The lowest BCUT2D eigenvalue weighted by atomic mass is 10.1. The minimum Gasteiger partial charge on any atom is -0.483 e. The number of morpholine rings is 1. The van der Waals surface area contributed by atoms with Gasteiger partial charge in [-0.3, -0.25) is 4.79 Å². The molecule has 1 aromatic heterocycles. The van der Waals surface area contributed by atoms with Gasteiger partial charge in [-0.1, -0.05) is 0 Å². The molecule has 1 aliphatic heterocycles. The number of halogens is 3. The Morgan fingerprint density at radius 3 is 2.78 bits per heavy atom. The van der Waals surface area contributed by atoms with Crippen LogP contribution in [0.25, 0.3) is 0 Å². The highest BCUT2D eigenvalue weighted by molar-refractivity contribution is 5.92. The number of ether oxygens (including phenoxy) is 2. The van der Waals surface area contributed by atoms with E-state index in [1.807, 2.05) is 0 Å². The van der Waals surface area contributed by atoms with Gasteiger partial charge in [-0.2, -0.15) is 13.2 Å². The molecule has 1 saturated heterocycles. The molecule has 1 aliphatic carbocycles. The number of amides is 1. The number of hydrogen-bond acceptors (Lipinski definition) is 4. The maximum atomic E-state index is 12.6. The molecule has 0 bridgehead atoms. The Kier molecular flexibility index (Phi) is 4.43. The number of hydrogen-bond donors (Lipinski definition) is 0. The molecule has 1 atom stereocenters. The van der Waals surface area contributed by atoms with E-state index in [-0.39, 0.29) is 23.4 Å². The van der Waals surface area contributed by atoms with Crippen LogP contribution < -0.4 is 4.74 Å². The molecule has 23 heavy (non-hydrogen) atoms. The molecule has 3 rings (SSSR count). The smallest absolute Gasteiger partial charge is 0.422 e. The summed E-state index contributed by atoms with van der Waals surface area (Å²) in [5, 5.41) is 0. The van der Waals surface area contributed by atoms with E-state index in [0.29, 0.717) is 25.7 Å². The first-order valence-corrected chi connectivity index (χ1v) is 7.48. The summed E-state index contributed by atoms with van der Waals surface area (Å²) in [6, 6.07) is 2.80. The van der Waals surface area contributed by atoms with E-state index in [1.54, 1.807) is 4.90 Å². The predicted octanol–water partition coefficient (Wildman–Crippen LogP) is 2.27. The van der Waals surface area contributed by atoms with Crippen LogP contribution in [0.1, 0.15) is 23.3 Å². The summed E-state index contributed by atoms with van der Waals surface area (Å²) in [6.45, 7) is 0.147. The van der Waals surface area contributed by atoms with Gasteiger partial charge in [0.1, 0.15) is 11.4 Å². The third-order valence-corrected chi connectivity index (χ3v) is 3.95. The van der Waals surface area contributed by atoms with Crippen LogP contribution in [0.4, 0.5) is 13.2 Å². The molecule has 0 N–H and O–H groups in total. The number of nitrogens with zero attached hydrogens (tertiary/aromatic N) is 2. The first-order chi connectivity index (χ1) is 10.9. The molecule has 1 saturated carbocycles. The molecule has 1 aromatic rings. The fourth-order valence-corrected chi connectivity index (χ4v) is 2.65. The van der Waals surface area contributed by atoms with E-state index >= 15 is 0 Å². The van der Waals surface area contributed by atoms with Crippen molar-refractivity contribution in [2.75, 3.05) is 26.4 Å². The summed E-state index contributed by atoms with van der Waals surface area (Å²) in [4.78, 5) is 18.3. The molecular weight excluding hydrogens is 313 g/mol. The fourth-order valence-electron chi connectivity index (χ4n) is 2.65. The molecular formula is C15H17F3N2O3. The van der Waals surface area contributed by atoms with Gasteiger partial charge in [-0.15, -0.1) is 0 Å². The van der Waals surface area contributed by atoms with Crippen molar-refractivity contribution in [2.45, 2.75) is 25.1 Å². The second-order valence-electron chi connectivity index (χ2n) is 5.76. The molecule has 0 spiro atoms. The molecule has 8 heteroatoms. The first-order valence-electron chi connectivity index (χ1n) is 7.48. The molecule has 0 aromatic carbocycles. The highest BCUT2D eigenvalue weighted by Gasteiger charge is 2.39. The maximum Gasteiger partial charge on any atom is 0.422 e. The topological polar surface area (TPSA) is 51.7 Å². The van der Waals surface area contributed by atoms with Crippen molar-refractivity contribution < 1.29 is 27.4 Å². The standard InChI is InChI=1S/C15H17F3N2O3/c16-15(17,18)9-23-11-3-4-12(19-7-11)14(21)20-5-6-22-8-13(20)10-1-2-10/h3-4,7,10,13H,1-2,5-6,8-9H2. The Labute approximate surface area is 131 Å². The minimum absolute atomic E-state index is 0.0143. The molecule has 1 unspecified atom stereocenters. The number of pyridine rings is 1. The van der Waals surface area contributed by atoms with Crippen molar-refractivity contribution in [3.8, 4) is 5.75 Å². The van der Waals surface area contributed by atoms with E-state index < -0.39 is 12.8 Å². The van der Waals surface area contributed by atoms with Gasteiger partial charge in [-0.05, 0) is 30.9 Å². The molecule has 1 amide bonds. The third-order valence-electron chi connectivity index (χ3n) is 3.95. The SMILES string of the molecule is O=C(c1ccc(OCC(F)(F)F)cn1)N1CCOCC1C1CC1. The Hall–Kier alpha value is -1.83. The van der Waals surface area contributed by atoms with E-state index in [2.05, 4.69) is 9.72 Å². The van der Waals surface area contributed by atoms with Crippen LogP contribution in [0.5, 0.6) is 5.75 Å². The van der Waals surface area contributed by atoms with Gasteiger partial charge in [-0.25, -0.2) is 4.98 Å². The number of rotatable bonds is 4. The van der Waals surface area contributed by atoms with Gasteiger partial charge in [0.05, 0.1) is 25.5 Å². The fraction of sp³-hybridized carbons (Fsp3) is 0.600. The van der Waals surface area contributed by atoms with Crippen LogP contribution in [0.2, 0.25) is 0 Å². The Morgan fingerprint density at radius 1 is 1.39 bits per heavy atom. The maximum absolute atomic E-state index is 12.6. The summed E-state index contributed by atoms with van der Waals surface area (Å²) < 4.78 is 46.3. The van der Waals surface area contributed by atoms with Crippen LogP contribution in [-0.4, -0.2) is 54.4 Å². The van der Waals surface area contributed by atoms with Crippen molar-refractivity contribution in [2.24, 2.45) is 5.92 Å². The second kappa shape index (κ2) is 6.35. The summed E-state index contributed by atoms with van der Waals surface area (Å²) >= 11 is 0. The summed E-state index contributed by atoms with van der Waals surface area (Å²) in [5.74, 6) is 0.251. The number of carbonyl (C=O) groups is 1. The second-order valence-corrected chi connectivity index (χ2v) is 5.76. The lowest BCUT2D eigenvalue weighted by Crippen LogP contribution is -2.50. The molecule has 5 nitrogen and oxygen atoms in total. The van der Waals surface area contributed by atoms with Crippen molar-refractivity contribution in [3.05, 3.63) is 24.0 Å². The van der Waals surface area contributed by atoms with Crippen LogP contribution in [0.3, 0.4) is 0 Å². The highest BCUT2D eigenvalue weighted by atomic mass is 19.4. The van der Waals surface area contributed by atoms with Gasteiger partial charge in [0.15, 0.2) is 6.61 Å². The van der Waals surface area contributed by atoms with E-state index in [0.717, 1.165) is 19.0 Å². The van der Waals surface area contributed by atoms with E-state index in [9.17, 15) is 18.0 Å². The predicted molar refractivity (Wildman–Crippen MR) is 74.2 cm³/mol. The lowest BCUT2D eigenvalue weighted by Gasteiger charge is -2.35. The van der Waals surface area contributed by atoms with Gasteiger partial charge in [0, 0.05) is 6.54 Å². The zero-order chi connectivity index (χ0) is 16.4. The van der Waals surface area contributed by atoms with Crippen LogP contribution in [0.15, 0.2) is 18.3 Å². The molecule has 126 valence electrons. The highest BCUT2D eigenvalue weighted by Crippen LogP contribution is 2.37. The van der Waals surface area contributed by atoms with Crippen LogP contribution >= 0.6 is 0 Å². The van der Waals surface area contributed by atoms with Gasteiger partial charge < -0.3 is 14.4 Å². The summed E-state index contributed by atoms with van der Waals surface area (Å²) in [5.41, 5.74) is 0.205. The summed E-state index contributed by atoms with van der Waals surface area (Å²) in [6.07, 6.45) is -1.07. The van der Waals surface area contributed by atoms with Crippen molar-refractivity contribution in [1.82, 2.24) is 9.88 Å². The quantitative estimate of drug-likeness (QED) is 0.850. The number of alkyl halides is 3. The van der Waals surface area contributed by atoms with E-state index in [1.165, 1.54) is 12.1 Å². The largest absolute Gasteiger partial charge is 0.483 e. The third kappa shape index (κ3) is 4.13. The van der Waals surface area contributed by atoms with Gasteiger partial charge >= 0.3 is 6.18 Å². The summed E-state index contributed by atoms with van der Waals surface area (Å²) in [7, 11) is 0. The van der Waals surface area contributed by atoms with Crippen LogP contribution in [-0.2, 0) is 4.74 Å². The molecule has 2 fully saturated rings. The average molecular weight is 330 g/mol. The van der Waals surface area contributed by atoms with E-state index in [4.69, 9.17) is 4.74 Å². The normalized spacial score (nSPS) is 22.0. The molecule has 2 aliphatic rings. The Balaban J connectivity index is 1.64. The van der Waals surface area contributed by atoms with Crippen molar-refractivity contribution in [1.29, 1.82) is 0 Å². The monoisotopic (exact) mass is 330 g/mol. The van der Waals surface area contributed by atoms with Crippen molar-refractivity contribution in [3.63, 3.8) is 0 Å². The van der Waals surface area contributed by atoms with Crippen LogP contribution in [0, 0.1) is 5.92 Å². The first kappa shape index (κ1) is 16.0. The molecule has 2 heterocycles. The minimum atomic E-state index is -4.40. The molecule has 0 radical (unpaired) electrons.